The quantitative estimate of drug-likeness (QED) is 0.811. The van der Waals surface area contributed by atoms with Gasteiger partial charge in [0.05, 0.1) is 5.69 Å². The third-order valence-corrected chi connectivity index (χ3v) is 5.37. The summed E-state index contributed by atoms with van der Waals surface area (Å²) in [6, 6.07) is 3.86. The van der Waals surface area contributed by atoms with Gasteiger partial charge in [0.2, 0.25) is 10.0 Å². The molecule has 2 saturated carbocycles. The highest BCUT2D eigenvalue weighted by Crippen LogP contribution is 2.45. The molecule has 0 heterocycles. The number of hydrogen-bond acceptors (Lipinski definition) is 3. The summed E-state index contributed by atoms with van der Waals surface area (Å²) in [5.41, 5.74) is 5.23. The summed E-state index contributed by atoms with van der Waals surface area (Å²) in [6.07, 6.45) is 4.29. The Kier molecular flexibility index (Phi) is 3.02. The number of halogens is 1. The van der Waals surface area contributed by atoms with Gasteiger partial charge in [0.25, 0.3) is 0 Å². The summed E-state index contributed by atoms with van der Waals surface area (Å²) in [6.45, 7) is 0. The lowest BCUT2D eigenvalue weighted by atomic mass is 10.1. The van der Waals surface area contributed by atoms with Gasteiger partial charge in [-0.05, 0) is 49.7 Å². The Balaban J connectivity index is 1.87. The van der Waals surface area contributed by atoms with E-state index in [1.807, 2.05) is 0 Å². The van der Waals surface area contributed by atoms with Crippen molar-refractivity contribution in [2.75, 3.05) is 5.73 Å². The zero-order chi connectivity index (χ0) is 13.6. The highest BCUT2D eigenvalue weighted by atomic mass is 32.2. The van der Waals surface area contributed by atoms with Crippen molar-refractivity contribution in [3.63, 3.8) is 0 Å². The largest absolute Gasteiger partial charge is 0.395 e. The molecule has 1 aromatic carbocycles. The average Bonchev–Trinajstić information content (AvgIpc) is 3.23. The van der Waals surface area contributed by atoms with Crippen LogP contribution in [0.5, 0.6) is 0 Å². The molecule has 0 atom stereocenters. The molecule has 2 aliphatic carbocycles. The number of sulfonamides is 1. The van der Waals surface area contributed by atoms with E-state index < -0.39 is 15.8 Å². The standard InChI is InChI=1S/C13H17FN2O2S/c14-10-2-1-3-11(12(10)15)19(17,18)16-13(8-4-5-8)9-6-7-9/h1-3,8-9,13,16H,4-7,15H2. The van der Waals surface area contributed by atoms with Crippen molar-refractivity contribution < 1.29 is 12.8 Å². The Bertz CT molecular complexity index is 583. The predicted octanol–water partition coefficient (Wildman–Crippen LogP) is 1.87. The van der Waals surface area contributed by atoms with Gasteiger partial charge in [0, 0.05) is 6.04 Å². The summed E-state index contributed by atoms with van der Waals surface area (Å²) in [4.78, 5) is -0.154. The van der Waals surface area contributed by atoms with Crippen LogP contribution in [0.4, 0.5) is 10.1 Å². The monoisotopic (exact) mass is 284 g/mol. The highest BCUT2D eigenvalue weighted by molar-refractivity contribution is 7.89. The van der Waals surface area contributed by atoms with Crippen LogP contribution < -0.4 is 10.5 Å². The van der Waals surface area contributed by atoms with E-state index in [4.69, 9.17) is 5.73 Å². The first kappa shape index (κ1) is 12.9. The van der Waals surface area contributed by atoms with E-state index in [9.17, 15) is 12.8 Å². The normalized spacial score (nSPS) is 19.9. The van der Waals surface area contributed by atoms with E-state index in [2.05, 4.69) is 4.72 Å². The van der Waals surface area contributed by atoms with Crippen molar-refractivity contribution in [2.45, 2.75) is 36.6 Å². The van der Waals surface area contributed by atoms with Crippen molar-refractivity contribution in [2.24, 2.45) is 11.8 Å². The van der Waals surface area contributed by atoms with Crippen LogP contribution in [0.25, 0.3) is 0 Å². The lowest BCUT2D eigenvalue weighted by Crippen LogP contribution is -2.38. The Morgan fingerprint density at radius 3 is 2.32 bits per heavy atom. The van der Waals surface area contributed by atoms with Crippen molar-refractivity contribution in [1.29, 1.82) is 0 Å². The zero-order valence-corrected chi connectivity index (χ0v) is 11.3. The summed E-state index contributed by atoms with van der Waals surface area (Å²) < 4.78 is 40.7. The number of nitrogen functional groups attached to an aromatic ring is 1. The summed E-state index contributed by atoms with van der Waals surface area (Å²) in [5, 5.41) is 0. The maximum absolute atomic E-state index is 13.4. The molecule has 0 aliphatic heterocycles. The number of nitrogens with one attached hydrogen (secondary N) is 1. The molecule has 0 saturated heterocycles. The Morgan fingerprint density at radius 2 is 1.79 bits per heavy atom. The SMILES string of the molecule is Nc1c(F)cccc1S(=O)(=O)NC(C1CC1)C1CC1. The molecule has 0 amide bonds. The molecule has 2 aliphatic rings. The maximum Gasteiger partial charge on any atom is 0.242 e. The average molecular weight is 284 g/mol. The fourth-order valence-corrected chi connectivity index (χ4v) is 4.00. The van der Waals surface area contributed by atoms with Gasteiger partial charge in [-0.3, -0.25) is 0 Å². The van der Waals surface area contributed by atoms with E-state index in [1.54, 1.807) is 0 Å². The van der Waals surface area contributed by atoms with E-state index in [-0.39, 0.29) is 16.6 Å². The minimum absolute atomic E-state index is 0.00679. The molecule has 3 rings (SSSR count). The number of rotatable bonds is 5. The minimum atomic E-state index is -3.74. The third kappa shape index (κ3) is 2.60. The molecule has 2 fully saturated rings. The lowest BCUT2D eigenvalue weighted by molar-refractivity contribution is 0.471. The second-order valence-electron chi connectivity index (χ2n) is 5.47. The van der Waals surface area contributed by atoms with Gasteiger partial charge in [-0.1, -0.05) is 6.07 Å². The number of anilines is 1. The molecular weight excluding hydrogens is 267 g/mol. The minimum Gasteiger partial charge on any atom is -0.395 e. The Hall–Kier alpha value is -1.14. The van der Waals surface area contributed by atoms with E-state index in [1.165, 1.54) is 12.1 Å². The van der Waals surface area contributed by atoms with Gasteiger partial charge in [0.15, 0.2) is 0 Å². The fourth-order valence-electron chi connectivity index (χ4n) is 2.48. The molecule has 0 bridgehead atoms. The number of benzene rings is 1. The van der Waals surface area contributed by atoms with E-state index in [0.717, 1.165) is 31.7 Å². The van der Waals surface area contributed by atoms with Crippen molar-refractivity contribution in [1.82, 2.24) is 4.72 Å². The molecule has 4 nitrogen and oxygen atoms in total. The smallest absolute Gasteiger partial charge is 0.242 e. The van der Waals surface area contributed by atoms with Gasteiger partial charge in [0.1, 0.15) is 10.7 Å². The Morgan fingerprint density at radius 1 is 1.21 bits per heavy atom. The first-order valence-corrected chi connectivity index (χ1v) is 8.03. The van der Waals surface area contributed by atoms with E-state index in [0.29, 0.717) is 11.8 Å². The molecule has 3 N–H and O–H groups in total. The lowest BCUT2D eigenvalue weighted by Gasteiger charge is -2.18. The van der Waals surface area contributed by atoms with Crippen LogP contribution in [0, 0.1) is 17.7 Å². The molecule has 19 heavy (non-hydrogen) atoms. The number of nitrogens with two attached hydrogens (primary N) is 1. The highest BCUT2D eigenvalue weighted by Gasteiger charge is 2.43. The number of hydrogen-bond donors (Lipinski definition) is 2. The number of para-hydroxylation sites is 1. The van der Waals surface area contributed by atoms with Crippen LogP contribution in [-0.2, 0) is 10.0 Å². The van der Waals surface area contributed by atoms with Crippen LogP contribution in [0.1, 0.15) is 25.7 Å². The second-order valence-corrected chi connectivity index (χ2v) is 7.16. The summed E-state index contributed by atoms with van der Waals surface area (Å²) >= 11 is 0. The van der Waals surface area contributed by atoms with Gasteiger partial charge in [-0.2, -0.15) is 0 Å². The van der Waals surface area contributed by atoms with Gasteiger partial charge in [-0.25, -0.2) is 17.5 Å². The second kappa shape index (κ2) is 4.45. The van der Waals surface area contributed by atoms with Crippen LogP contribution in [-0.4, -0.2) is 14.5 Å². The molecule has 6 heteroatoms. The van der Waals surface area contributed by atoms with Gasteiger partial charge in [-0.15, -0.1) is 0 Å². The topological polar surface area (TPSA) is 72.2 Å². The zero-order valence-electron chi connectivity index (χ0n) is 10.5. The van der Waals surface area contributed by atoms with Crippen molar-refractivity contribution in [3.05, 3.63) is 24.0 Å². The van der Waals surface area contributed by atoms with Crippen LogP contribution in [0.2, 0.25) is 0 Å². The predicted molar refractivity (Wildman–Crippen MR) is 70.4 cm³/mol. The molecule has 0 aromatic heterocycles. The third-order valence-electron chi connectivity index (χ3n) is 3.85. The fraction of sp³-hybridized carbons (Fsp3) is 0.538. The first-order valence-electron chi connectivity index (χ1n) is 6.55. The first-order chi connectivity index (χ1) is 8.99. The van der Waals surface area contributed by atoms with Crippen molar-refractivity contribution in [3.8, 4) is 0 Å². The molecular formula is C13H17FN2O2S. The van der Waals surface area contributed by atoms with Gasteiger partial charge < -0.3 is 5.73 Å². The molecule has 104 valence electrons. The van der Waals surface area contributed by atoms with Crippen LogP contribution in [0.3, 0.4) is 0 Å². The van der Waals surface area contributed by atoms with E-state index >= 15 is 0 Å². The van der Waals surface area contributed by atoms with Gasteiger partial charge >= 0.3 is 0 Å². The van der Waals surface area contributed by atoms with Crippen molar-refractivity contribution >= 4 is 15.7 Å². The van der Waals surface area contributed by atoms with Crippen LogP contribution >= 0.6 is 0 Å². The Labute approximate surface area is 112 Å². The van der Waals surface area contributed by atoms with Crippen LogP contribution in [0.15, 0.2) is 23.1 Å². The molecule has 0 radical (unpaired) electrons. The summed E-state index contributed by atoms with van der Waals surface area (Å²) in [5.74, 6) is 0.186. The molecule has 0 unspecified atom stereocenters. The molecule has 1 aromatic rings. The molecule has 0 spiro atoms. The maximum atomic E-state index is 13.4. The summed E-state index contributed by atoms with van der Waals surface area (Å²) in [7, 11) is -3.74.